The van der Waals surface area contributed by atoms with Gasteiger partial charge in [-0.2, -0.15) is 0 Å². The first kappa shape index (κ1) is 14.3. The molecule has 4 heteroatoms. The second kappa shape index (κ2) is 6.33. The van der Waals surface area contributed by atoms with Crippen molar-refractivity contribution in [2.24, 2.45) is 5.92 Å². The van der Waals surface area contributed by atoms with Gasteiger partial charge in [0.25, 0.3) is 0 Å². The zero-order valence-corrected chi connectivity index (χ0v) is 12.0. The maximum Gasteiger partial charge on any atom is 0.307 e. The lowest BCUT2D eigenvalue weighted by atomic mass is 9.91. The van der Waals surface area contributed by atoms with Crippen molar-refractivity contribution in [3.8, 4) is 0 Å². The van der Waals surface area contributed by atoms with Gasteiger partial charge in [0.05, 0.1) is 17.2 Å². The molecule has 0 saturated heterocycles. The number of carboxylic acids is 1. The molecule has 0 heterocycles. The van der Waals surface area contributed by atoms with Crippen molar-refractivity contribution in [2.45, 2.75) is 49.2 Å². The quantitative estimate of drug-likeness (QED) is 0.922. The topological polar surface area (TPSA) is 54.4 Å². The van der Waals surface area contributed by atoms with Crippen LogP contribution < -0.4 is 0 Å². The smallest absolute Gasteiger partial charge is 0.307 e. The summed E-state index contributed by atoms with van der Waals surface area (Å²) in [5.41, 5.74) is 0.755. The molecule has 1 unspecified atom stereocenters. The molecule has 1 aromatic carbocycles. The lowest BCUT2D eigenvalue weighted by Crippen LogP contribution is -2.22. The monoisotopic (exact) mass is 280 g/mol. The molecule has 2 rings (SSSR count). The molecule has 1 fully saturated rings. The van der Waals surface area contributed by atoms with Gasteiger partial charge >= 0.3 is 5.97 Å². The number of carbonyl (C=O) groups is 1. The van der Waals surface area contributed by atoms with Crippen LogP contribution in [-0.4, -0.2) is 20.5 Å². The summed E-state index contributed by atoms with van der Waals surface area (Å²) in [6.45, 7) is 2.25. The maximum atomic E-state index is 12.4. The summed E-state index contributed by atoms with van der Waals surface area (Å²) in [5.74, 6) is -0.0821. The fourth-order valence-electron chi connectivity index (χ4n) is 2.55. The standard InChI is InChI=1S/C15H20O3S/c1-11-2-6-13(7-3-11)19(18)14-8-4-12(5-9-14)10-15(16)17/h4-5,8-9,11,13H,2-3,6-7,10H2,1H3,(H,16,17). The van der Waals surface area contributed by atoms with E-state index in [1.54, 1.807) is 12.1 Å². The van der Waals surface area contributed by atoms with Gasteiger partial charge in [-0.1, -0.05) is 19.1 Å². The first-order chi connectivity index (χ1) is 9.06. The predicted octanol–water partition coefficient (Wildman–Crippen LogP) is 3.00. The van der Waals surface area contributed by atoms with Crippen molar-refractivity contribution in [1.82, 2.24) is 0 Å². The molecule has 0 aromatic heterocycles. The Morgan fingerprint density at radius 2 is 1.79 bits per heavy atom. The van der Waals surface area contributed by atoms with Crippen molar-refractivity contribution in [2.75, 3.05) is 0 Å². The summed E-state index contributed by atoms with van der Waals surface area (Å²) in [6.07, 6.45) is 4.41. The van der Waals surface area contributed by atoms with Crippen LogP contribution in [0.5, 0.6) is 0 Å². The molecule has 1 saturated carbocycles. The first-order valence-corrected chi connectivity index (χ1v) is 7.99. The fraction of sp³-hybridized carbons (Fsp3) is 0.533. The zero-order valence-electron chi connectivity index (χ0n) is 11.2. The number of hydrogen-bond donors (Lipinski definition) is 1. The molecule has 0 radical (unpaired) electrons. The van der Waals surface area contributed by atoms with E-state index in [9.17, 15) is 9.00 Å². The minimum Gasteiger partial charge on any atom is -0.481 e. The second-order valence-corrected chi connectivity index (χ2v) is 7.13. The molecular formula is C15H20O3S. The largest absolute Gasteiger partial charge is 0.481 e. The lowest BCUT2D eigenvalue weighted by molar-refractivity contribution is -0.136. The summed E-state index contributed by atoms with van der Waals surface area (Å²) < 4.78 is 12.4. The highest BCUT2D eigenvalue weighted by Gasteiger charge is 2.24. The average Bonchev–Trinajstić information content (AvgIpc) is 2.39. The van der Waals surface area contributed by atoms with E-state index < -0.39 is 16.8 Å². The molecular weight excluding hydrogens is 260 g/mol. The number of carboxylic acid groups (broad SMARTS) is 1. The molecule has 1 aliphatic carbocycles. The summed E-state index contributed by atoms with van der Waals surface area (Å²) in [6, 6.07) is 7.17. The summed E-state index contributed by atoms with van der Waals surface area (Å²) in [7, 11) is -0.953. The summed E-state index contributed by atoms with van der Waals surface area (Å²) >= 11 is 0. The van der Waals surface area contributed by atoms with Crippen LogP contribution in [0.4, 0.5) is 0 Å². The number of benzene rings is 1. The first-order valence-electron chi connectivity index (χ1n) is 6.77. The number of rotatable bonds is 4. The molecule has 0 amide bonds. The maximum absolute atomic E-state index is 12.4. The Morgan fingerprint density at radius 3 is 2.32 bits per heavy atom. The molecule has 104 valence electrons. The second-order valence-electron chi connectivity index (χ2n) is 5.39. The highest BCUT2D eigenvalue weighted by molar-refractivity contribution is 7.85. The highest BCUT2D eigenvalue weighted by Crippen LogP contribution is 2.29. The summed E-state index contributed by atoms with van der Waals surface area (Å²) in [5, 5.41) is 8.98. The van der Waals surface area contributed by atoms with Crippen LogP contribution in [0.3, 0.4) is 0 Å². The number of hydrogen-bond acceptors (Lipinski definition) is 2. The van der Waals surface area contributed by atoms with Gasteiger partial charge < -0.3 is 5.11 Å². The Bertz CT molecular complexity index is 459. The molecule has 1 aromatic rings. The third kappa shape index (κ3) is 3.90. The average molecular weight is 280 g/mol. The molecule has 0 spiro atoms. The third-order valence-electron chi connectivity index (χ3n) is 3.78. The van der Waals surface area contributed by atoms with E-state index in [1.807, 2.05) is 12.1 Å². The van der Waals surface area contributed by atoms with E-state index in [1.165, 1.54) is 0 Å². The van der Waals surface area contributed by atoms with Gasteiger partial charge in [-0.3, -0.25) is 9.00 Å². The predicted molar refractivity (Wildman–Crippen MR) is 75.6 cm³/mol. The Morgan fingerprint density at radius 1 is 1.21 bits per heavy atom. The van der Waals surface area contributed by atoms with Crippen molar-refractivity contribution < 1.29 is 14.1 Å². The fourth-order valence-corrected chi connectivity index (χ4v) is 4.04. The number of aliphatic carboxylic acids is 1. The molecule has 1 N–H and O–H groups in total. The van der Waals surface area contributed by atoms with Crippen LogP contribution >= 0.6 is 0 Å². The van der Waals surface area contributed by atoms with Gasteiger partial charge in [-0.05, 0) is 49.3 Å². The minimum atomic E-state index is -0.953. The van der Waals surface area contributed by atoms with Gasteiger partial charge in [0, 0.05) is 10.1 Å². The van der Waals surface area contributed by atoms with Gasteiger partial charge in [0.2, 0.25) is 0 Å². The van der Waals surface area contributed by atoms with Crippen molar-refractivity contribution in [3.05, 3.63) is 29.8 Å². The van der Waals surface area contributed by atoms with Crippen molar-refractivity contribution in [3.63, 3.8) is 0 Å². The van der Waals surface area contributed by atoms with E-state index in [0.29, 0.717) is 0 Å². The van der Waals surface area contributed by atoms with E-state index in [4.69, 9.17) is 5.11 Å². The SMILES string of the molecule is CC1CCC(S(=O)c2ccc(CC(=O)O)cc2)CC1. The Balaban J connectivity index is 2.01. The normalized spacial score (nSPS) is 24.9. The van der Waals surface area contributed by atoms with Crippen LogP contribution in [0.2, 0.25) is 0 Å². The highest BCUT2D eigenvalue weighted by atomic mass is 32.2. The van der Waals surface area contributed by atoms with Crippen LogP contribution in [-0.2, 0) is 22.0 Å². The molecule has 1 atom stereocenters. The Kier molecular flexibility index (Phi) is 4.75. The molecule has 3 nitrogen and oxygen atoms in total. The molecule has 19 heavy (non-hydrogen) atoms. The van der Waals surface area contributed by atoms with E-state index >= 15 is 0 Å². The van der Waals surface area contributed by atoms with Crippen LogP contribution in [0.1, 0.15) is 38.2 Å². The summed E-state index contributed by atoms with van der Waals surface area (Å²) in [4.78, 5) is 11.4. The van der Waals surface area contributed by atoms with Crippen LogP contribution in [0.15, 0.2) is 29.2 Å². The van der Waals surface area contributed by atoms with Crippen molar-refractivity contribution in [1.29, 1.82) is 0 Å². The van der Waals surface area contributed by atoms with Gasteiger partial charge in [0.15, 0.2) is 0 Å². The van der Waals surface area contributed by atoms with Crippen molar-refractivity contribution >= 4 is 16.8 Å². The van der Waals surface area contributed by atoms with Gasteiger partial charge in [-0.25, -0.2) is 0 Å². The Labute approximate surface area is 116 Å². The van der Waals surface area contributed by atoms with E-state index in [2.05, 4.69) is 6.92 Å². The van der Waals surface area contributed by atoms with E-state index in [0.717, 1.165) is 42.1 Å². The van der Waals surface area contributed by atoms with Crippen LogP contribution in [0.25, 0.3) is 0 Å². The molecule has 1 aliphatic rings. The third-order valence-corrected chi connectivity index (χ3v) is 5.59. The van der Waals surface area contributed by atoms with Gasteiger partial charge in [-0.15, -0.1) is 0 Å². The molecule has 0 aliphatic heterocycles. The van der Waals surface area contributed by atoms with E-state index in [-0.39, 0.29) is 11.7 Å². The lowest BCUT2D eigenvalue weighted by Gasteiger charge is -2.25. The minimum absolute atomic E-state index is 0.0217. The Hall–Kier alpha value is -1.16. The molecule has 0 bridgehead atoms. The van der Waals surface area contributed by atoms with Crippen LogP contribution in [0, 0.1) is 5.92 Å². The van der Waals surface area contributed by atoms with Gasteiger partial charge in [0.1, 0.15) is 0 Å². The zero-order chi connectivity index (χ0) is 13.8.